The van der Waals surface area contributed by atoms with Crippen molar-refractivity contribution in [2.24, 2.45) is 0 Å². The van der Waals surface area contributed by atoms with Gasteiger partial charge >= 0.3 is 5.97 Å². The van der Waals surface area contributed by atoms with Crippen molar-refractivity contribution in [1.82, 2.24) is 14.5 Å². The lowest BCUT2D eigenvalue weighted by molar-refractivity contribution is -0.137. The number of aliphatic carboxylic acids is 1. The Balaban J connectivity index is 2.77. The fraction of sp³-hybridized carbons (Fsp3) is 0.600. The van der Waals surface area contributed by atoms with Gasteiger partial charge in [0.15, 0.2) is 0 Å². The first-order valence-electron chi connectivity index (χ1n) is 5.94. The van der Waals surface area contributed by atoms with E-state index < -0.39 is 31.9 Å². The summed E-state index contributed by atoms with van der Waals surface area (Å²) < 4.78 is 49.7. The fourth-order valence-corrected chi connectivity index (χ4v) is 3.93. The highest BCUT2D eigenvalue weighted by molar-refractivity contribution is 7.91. The van der Waals surface area contributed by atoms with Gasteiger partial charge in [-0.1, -0.05) is 0 Å². The van der Waals surface area contributed by atoms with Gasteiger partial charge in [-0.25, -0.2) is 21.6 Å². The van der Waals surface area contributed by atoms with Crippen LogP contribution in [0.1, 0.15) is 13.3 Å². The number of sulfone groups is 1. The molecule has 0 aliphatic carbocycles. The second-order valence-electron chi connectivity index (χ2n) is 4.70. The summed E-state index contributed by atoms with van der Waals surface area (Å²) in [4.78, 5) is 10.3. The van der Waals surface area contributed by atoms with Gasteiger partial charge in [0.05, 0.1) is 24.9 Å². The Morgan fingerprint density at radius 2 is 2.05 bits per heavy atom. The van der Waals surface area contributed by atoms with Gasteiger partial charge < -0.3 is 5.11 Å². The molecule has 2 N–H and O–H groups in total. The van der Waals surface area contributed by atoms with Crippen molar-refractivity contribution in [2.45, 2.75) is 30.8 Å². The highest BCUT2D eigenvalue weighted by Gasteiger charge is 2.21. The zero-order chi connectivity index (χ0) is 16.3. The number of rotatable bonds is 8. The average Bonchev–Trinajstić information content (AvgIpc) is 2.71. The minimum atomic E-state index is -3.89. The normalized spacial score (nSPS) is 14.0. The molecule has 0 spiro atoms. The Morgan fingerprint density at radius 3 is 2.57 bits per heavy atom. The van der Waals surface area contributed by atoms with Gasteiger partial charge in [0.1, 0.15) is 14.7 Å². The predicted octanol–water partition coefficient (Wildman–Crippen LogP) is -0.931. The number of carbonyl (C=O) groups is 1. The molecule has 0 radical (unpaired) electrons. The molecular weight excluding hydrogens is 322 g/mol. The van der Waals surface area contributed by atoms with Crippen molar-refractivity contribution in [1.29, 1.82) is 0 Å². The van der Waals surface area contributed by atoms with Crippen molar-refractivity contribution in [3.8, 4) is 0 Å². The molecule has 21 heavy (non-hydrogen) atoms. The van der Waals surface area contributed by atoms with Crippen LogP contribution in [0.4, 0.5) is 0 Å². The Hall–Kier alpha value is -1.46. The van der Waals surface area contributed by atoms with Crippen molar-refractivity contribution in [3.63, 3.8) is 0 Å². The molecule has 1 atom stereocenters. The summed E-state index contributed by atoms with van der Waals surface area (Å²) in [5, 5.41) is 12.3. The molecule has 1 rings (SSSR count). The molecule has 0 saturated heterocycles. The number of carboxylic acids is 1. The van der Waals surface area contributed by atoms with Crippen LogP contribution in [0.15, 0.2) is 17.3 Å². The third kappa shape index (κ3) is 6.23. The largest absolute Gasteiger partial charge is 0.481 e. The third-order valence-electron chi connectivity index (χ3n) is 2.38. The number of nitrogens with zero attached hydrogens (tertiary/aromatic N) is 2. The summed E-state index contributed by atoms with van der Waals surface area (Å²) in [6, 6.07) is -0.785. The number of hydrogen-bond acceptors (Lipinski definition) is 6. The molecule has 1 aromatic rings. The van der Waals surface area contributed by atoms with Gasteiger partial charge in [-0.15, -0.1) is 0 Å². The smallest absolute Gasteiger partial charge is 0.305 e. The van der Waals surface area contributed by atoms with Crippen LogP contribution in [0, 0.1) is 0 Å². The molecule has 0 aliphatic rings. The van der Waals surface area contributed by atoms with E-state index in [1.807, 2.05) is 0 Å². The van der Waals surface area contributed by atoms with E-state index in [-0.39, 0.29) is 23.6 Å². The van der Waals surface area contributed by atoms with E-state index in [4.69, 9.17) is 5.11 Å². The summed E-state index contributed by atoms with van der Waals surface area (Å²) in [7, 11) is -7.20. The molecular formula is C10H17N3O6S2. The fourth-order valence-electron chi connectivity index (χ4n) is 1.64. The minimum absolute atomic E-state index is 0.0454. The summed E-state index contributed by atoms with van der Waals surface area (Å²) in [6.07, 6.45) is 3.11. The Bertz CT molecular complexity index is 707. The average molecular weight is 339 g/mol. The zero-order valence-electron chi connectivity index (χ0n) is 11.6. The van der Waals surface area contributed by atoms with Crippen LogP contribution in [0.2, 0.25) is 0 Å². The number of nitrogens with one attached hydrogen (secondary N) is 1. The van der Waals surface area contributed by atoms with E-state index in [1.165, 1.54) is 17.8 Å². The molecule has 0 amide bonds. The van der Waals surface area contributed by atoms with Crippen LogP contribution in [0.3, 0.4) is 0 Å². The SMILES string of the molecule is CC(CS(C)(=O)=O)NS(=O)(=O)c1cnn(CCC(=O)O)c1. The van der Waals surface area contributed by atoms with Gasteiger partial charge in [-0.2, -0.15) is 5.10 Å². The Labute approximate surface area is 122 Å². The molecule has 120 valence electrons. The van der Waals surface area contributed by atoms with E-state index in [2.05, 4.69) is 9.82 Å². The maximum absolute atomic E-state index is 12.0. The van der Waals surface area contributed by atoms with Crippen molar-refractivity contribution in [3.05, 3.63) is 12.4 Å². The van der Waals surface area contributed by atoms with Crippen LogP contribution in [0.25, 0.3) is 0 Å². The first-order valence-corrected chi connectivity index (χ1v) is 9.48. The van der Waals surface area contributed by atoms with Crippen LogP contribution in [-0.4, -0.2) is 55.7 Å². The van der Waals surface area contributed by atoms with Gasteiger partial charge in [0.2, 0.25) is 10.0 Å². The molecule has 1 unspecified atom stereocenters. The van der Waals surface area contributed by atoms with Gasteiger partial charge in [-0.05, 0) is 6.92 Å². The quantitative estimate of drug-likeness (QED) is 0.624. The van der Waals surface area contributed by atoms with E-state index in [1.54, 1.807) is 0 Å². The zero-order valence-corrected chi connectivity index (χ0v) is 13.2. The van der Waals surface area contributed by atoms with Crippen LogP contribution in [0.5, 0.6) is 0 Å². The molecule has 0 saturated carbocycles. The van der Waals surface area contributed by atoms with Crippen molar-refractivity contribution in [2.75, 3.05) is 12.0 Å². The number of hydrogen-bond donors (Lipinski definition) is 2. The molecule has 0 fully saturated rings. The lowest BCUT2D eigenvalue weighted by atomic mass is 10.4. The topological polar surface area (TPSA) is 135 Å². The number of sulfonamides is 1. The van der Waals surface area contributed by atoms with Crippen LogP contribution in [-0.2, 0) is 31.2 Å². The standard InChI is InChI=1S/C10H17N3O6S2/c1-8(7-20(2,16)17)12-21(18,19)9-5-11-13(6-9)4-3-10(14)15/h5-6,8,12H,3-4,7H2,1-2H3,(H,14,15). The highest BCUT2D eigenvalue weighted by Crippen LogP contribution is 2.08. The van der Waals surface area contributed by atoms with E-state index >= 15 is 0 Å². The molecule has 11 heteroatoms. The van der Waals surface area contributed by atoms with Crippen molar-refractivity contribution < 1.29 is 26.7 Å². The molecule has 0 aromatic carbocycles. The Kier molecular flexibility index (Phi) is 5.48. The summed E-state index contributed by atoms with van der Waals surface area (Å²) >= 11 is 0. The van der Waals surface area contributed by atoms with Gasteiger partial charge in [0, 0.05) is 18.5 Å². The number of carboxylic acid groups (broad SMARTS) is 1. The number of aromatic nitrogens is 2. The maximum Gasteiger partial charge on any atom is 0.305 e. The van der Waals surface area contributed by atoms with Gasteiger partial charge in [-0.3, -0.25) is 9.48 Å². The maximum atomic E-state index is 12.0. The van der Waals surface area contributed by atoms with E-state index in [0.717, 1.165) is 12.5 Å². The highest BCUT2D eigenvalue weighted by atomic mass is 32.2. The third-order valence-corrected chi connectivity index (χ3v) is 5.03. The van der Waals surface area contributed by atoms with E-state index in [0.29, 0.717) is 0 Å². The second kappa shape index (κ2) is 6.54. The molecule has 9 nitrogen and oxygen atoms in total. The first kappa shape index (κ1) is 17.6. The summed E-state index contributed by atoms with van der Waals surface area (Å²) in [5.41, 5.74) is 0. The molecule has 1 aromatic heterocycles. The lowest BCUT2D eigenvalue weighted by Crippen LogP contribution is -2.37. The van der Waals surface area contributed by atoms with Crippen molar-refractivity contribution >= 4 is 25.8 Å². The predicted molar refractivity (Wildman–Crippen MR) is 74.0 cm³/mol. The number of aryl methyl sites for hydroxylation is 1. The molecule has 0 aliphatic heterocycles. The molecule has 0 bridgehead atoms. The van der Waals surface area contributed by atoms with E-state index in [9.17, 15) is 21.6 Å². The van der Waals surface area contributed by atoms with Crippen LogP contribution < -0.4 is 4.72 Å². The Morgan fingerprint density at radius 1 is 1.43 bits per heavy atom. The minimum Gasteiger partial charge on any atom is -0.481 e. The van der Waals surface area contributed by atoms with Gasteiger partial charge in [0.25, 0.3) is 0 Å². The lowest BCUT2D eigenvalue weighted by Gasteiger charge is -2.11. The van der Waals surface area contributed by atoms with Crippen LogP contribution >= 0.6 is 0 Å². The molecule has 1 heterocycles. The summed E-state index contributed by atoms with van der Waals surface area (Å²) in [5.74, 6) is -1.34. The monoisotopic (exact) mass is 339 g/mol. The second-order valence-corrected chi connectivity index (χ2v) is 8.60. The summed E-state index contributed by atoms with van der Waals surface area (Å²) in [6.45, 7) is 1.48. The first-order chi connectivity index (χ1) is 9.49.